The molecule has 2 nitrogen and oxygen atoms in total. The van der Waals surface area contributed by atoms with Crippen LogP contribution in [-0.4, -0.2) is 4.98 Å². The van der Waals surface area contributed by atoms with Crippen molar-refractivity contribution in [3.63, 3.8) is 0 Å². The predicted octanol–water partition coefficient (Wildman–Crippen LogP) is 5.33. The quantitative estimate of drug-likeness (QED) is 0.699. The lowest BCUT2D eigenvalue weighted by atomic mass is 9.87. The molecule has 0 aliphatic carbocycles. The van der Waals surface area contributed by atoms with Gasteiger partial charge in [0.15, 0.2) is 11.6 Å². The van der Waals surface area contributed by atoms with E-state index >= 15 is 0 Å². The second-order valence-electron chi connectivity index (χ2n) is 5.87. The molecule has 0 fully saturated rings. The fourth-order valence-electron chi connectivity index (χ4n) is 1.81. The zero-order valence-electron chi connectivity index (χ0n) is 12.3. The van der Waals surface area contributed by atoms with Gasteiger partial charge in [0.05, 0.1) is 0 Å². The van der Waals surface area contributed by atoms with Crippen LogP contribution in [0.3, 0.4) is 0 Å². The van der Waals surface area contributed by atoms with Crippen molar-refractivity contribution in [1.82, 2.24) is 4.98 Å². The molecule has 0 unspecified atom stereocenters. The highest BCUT2D eigenvalue weighted by atomic mass is 19.4. The van der Waals surface area contributed by atoms with Gasteiger partial charge in [-0.15, -0.1) is 0 Å². The SMILES string of the molecule is CC(C)(C)c1ccc(Oc2ccnc(C(F)(F)F)c2)c(F)c1. The number of alkyl halides is 3. The van der Waals surface area contributed by atoms with Crippen LogP contribution in [0.2, 0.25) is 0 Å². The molecule has 0 saturated heterocycles. The third-order valence-corrected chi connectivity index (χ3v) is 3.05. The monoisotopic (exact) mass is 313 g/mol. The zero-order chi connectivity index (χ0) is 16.5. The first-order valence-electron chi connectivity index (χ1n) is 6.58. The Kier molecular flexibility index (Phi) is 4.13. The lowest BCUT2D eigenvalue weighted by Crippen LogP contribution is -2.11. The summed E-state index contributed by atoms with van der Waals surface area (Å²) in [5.74, 6) is -0.880. The average molecular weight is 313 g/mol. The van der Waals surface area contributed by atoms with Crippen LogP contribution < -0.4 is 4.74 Å². The summed E-state index contributed by atoms with van der Waals surface area (Å²) >= 11 is 0. The normalized spacial score (nSPS) is 12.3. The van der Waals surface area contributed by atoms with Gasteiger partial charge in [-0.25, -0.2) is 4.39 Å². The van der Waals surface area contributed by atoms with Gasteiger partial charge in [-0.3, -0.25) is 4.98 Å². The van der Waals surface area contributed by atoms with Crippen molar-refractivity contribution in [2.75, 3.05) is 0 Å². The Labute approximate surface area is 125 Å². The van der Waals surface area contributed by atoms with Crippen molar-refractivity contribution in [2.45, 2.75) is 32.4 Å². The van der Waals surface area contributed by atoms with Crippen molar-refractivity contribution < 1.29 is 22.3 Å². The summed E-state index contributed by atoms with van der Waals surface area (Å²) in [7, 11) is 0. The molecule has 0 aliphatic rings. The van der Waals surface area contributed by atoms with Crippen LogP contribution in [-0.2, 0) is 11.6 Å². The smallest absolute Gasteiger partial charge is 0.433 e. The van der Waals surface area contributed by atoms with Crippen molar-refractivity contribution in [3.05, 3.63) is 53.6 Å². The van der Waals surface area contributed by atoms with Gasteiger partial charge in [0, 0.05) is 12.3 Å². The van der Waals surface area contributed by atoms with Crippen molar-refractivity contribution >= 4 is 0 Å². The third kappa shape index (κ3) is 3.75. The molecule has 6 heteroatoms. The highest BCUT2D eigenvalue weighted by molar-refractivity contribution is 5.36. The molecule has 2 aromatic rings. The van der Waals surface area contributed by atoms with E-state index in [0.29, 0.717) is 0 Å². The molecular weight excluding hydrogens is 298 g/mol. The third-order valence-electron chi connectivity index (χ3n) is 3.05. The fraction of sp³-hybridized carbons (Fsp3) is 0.312. The van der Waals surface area contributed by atoms with Gasteiger partial charge in [-0.05, 0) is 29.2 Å². The van der Waals surface area contributed by atoms with Gasteiger partial charge in [0.1, 0.15) is 11.4 Å². The van der Waals surface area contributed by atoms with Gasteiger partial charge < -0.3 is 4.74 Å². The van der Waals surface area contributed by atoms with E-state index in [4.69, 9.17) is 4.74 Å². The maximum atomic E-state index is 14.0. The maximum absolute atomic E-state index is 14.0. The highest BCUT2D eigenvalue weighted by Gasteiger charge is 2.32. The summed E-state index contributed by atoms with van der Waals surface area (Å²) in [6.07, 6.45) is -3.60. The Bertz CT molecular complexity index is 675. The van der Waals surface area contributed by atoms with E-state index in [1.807, 2.05) is 20.8 Å². The molecule has 0 aliphatic heterocycles. The molecule has 0 saturated carbocycles. The number of hydrogen-bond acceptors (Lipinski definition) is 2. The molecule has 22 heavy (non-hydrogen) atoms. The van der Waals surface area contributed by atoms with Crippen LogP contribution >= 0.6 is 0 Å². The van der Waals surface area contributed by atoms with E-state index in [1.54, 1.807) is 6.07 Å². The van der Waals surface area contributed by atoms with Gasteiger partial charge in [-0.2, -0.15) is 13.2 Å². The number of ether oxygens (including phenoxy) is 1. The number of halogens is 4. The molecule has 0 bridgehead atoms. The van der Waals surface area contributed by atoms with Crippen LogP contribution in [0.5, 0.6) is 11.5 Å². The second-order valence-corrected chi connectivity index (χ2v) is 5.87. The Hall–Kier alpha value is -2.11. The Balaban J connectivity index is 2.28. The predicted molar refractivity (Wildman–Crippen MR) is 74.4 cm³/mol. The van der Waals surface area contributed by atoms with Crippen molar-refractivity contribution in [3.8, 4) is 11.5 Å². The van der Waals surface area contributed by atoms with E-state index in [-0.39, 0.29) is 16.9 Å². The molecule has 2 rings (SSSR count). The number of nitrogens with zero attached hydrogens (tertiary/aromatic N) is 1. The molecule has 1 aromatic heterocycles. The average Bonchev–Trinajstić information content (AvgIpc) is 2.39. The number of pyridine rings is 1. The topological polar surface area (TPSA) is 22.1 Å². The van der Waals surface area contributed by atoms with Crippen molar-refractivity contribution in [1.29, 1.82) is 0 Å². The zero-order valence-corrected chi connectivity index (χ0v) is 12.3. The molecule has 0 atom stereocenters. The molecule has 0 radical (unpaired) electrons. The Morgan fingerprint density at radius 1 is 1.00 bits per heavy atom. The van der Waals surface area contributed by atoms with Gasteiger partial charge in [-0.1, -0.05) is 26.8 Å². The molecule has 118 valence electrons. The molecule has 0 N–H and O–H groups in total. The van der Waals surface area contributed by atoms with Gasteiger partial charge >= 0.3 is 6.18 Å². The van der Waals surface area contributed by atoms with Crippen LogP contribution in [0.25, 0.3) is 0 Å². The van der Waals surface area contributed by atoms with E-state index < -0.39 is 17.7 Å². The Morgan fingerprint density at radius 3 is 2.23 bits per heavy atom. The van der Waals surface area contributed by atoms with Gasteiger partial charge in [0.25, 0.3) is 0 Å². The fourth-order valence-corrected chi connectivity index (χ4v) is 1.81. The number of rotatable bonds is 2. The van der Waals surface area contributed by atoms with Crippen LogP contribution in [0.4, 0.5) is 17.6 Å². The minimum absolute atomic E-state index is 0.121. The molecule has 1 aromatic carbocycles. The first kappa shape index (κ1) is 16.3. The lowest BCUT2D eigenvalue weighted by molar-refractivity contribution is -0.141. The summed E-state index contributed by atoms with van der Waals surface area (Å²) in [5, 5.41) is 0. The number of benzene rings is 1. The maximum Gasteiger partial charge on any atom is 0.433 e. The minimum Gasteiger partial charge on any atom is -0.454 e. The molecule has 1 heterocycles. The van der Waals surface area contributed by atoms with E-state index in [9.17, 15) is 17.6 Å². The summed E-state index contributed by atoms with van der Waals surface area (Å²) < 4.78 is 57.0. The largest absolute Gasteiger partial charge is 0.454 e. The standard InChI is InChI=1S/C16H15F4NO/c1-15(2,3)10-4-5-13(12(17)8-10)22-11-6-7-21-14(9-11)16(18,19)20/h4-9H,1-3H3. The van der Waals surface area contributed by atoms with Crippen LogP contribution in [0.1, 0.15) is 32.0 Å². The minimum atomic E-state index is -4.58. The molecule has 0 amide bonds. The molecule has 0 spiro atoms. The van der Waals surface area contributed by atoms with Gasteiger partial charge in [0.2, 0.25) is 0 Å². The highest BCUT2D eigenvalue weighted by Crippen LogP contribution is 2.33. The van der Waals surface area contributed by atoms with E-state index in [1.165, 1.54) is 18.2 Å². The lowest BCUT2D eigenvalue weighted by Gasteiger charge is -2.19. The Morgan fingerprint density at radius 2 is 1.68 bits per heavy atom. The number of aromatic nitrogens is 1. The first-order valence-corrected chi connectivity index (χ1v) is 6.58. The molecular formula is C16H15F4NO. The van der Waals surface area contributed by atoms with Crippen molar-refractivity contribution in [2.24, 2.45) is 0 Å². The summed E-state index contributed by atoms with van der Waals surface area (Å²) in [5.41, 5.74) is -0.556. The van der Waals surface area contributed by atoms with E-state index in [0.717, 1.165) is 17.8 Å². The summed E-state index contributed by atoms with van der Waals surface area (Å²) in [4.78, 5) is 3.22. The van der Waals surface area contributed by atoms with Crippen LogP contribution in [0, 0.1) is 5.82 Å². The van der Waals surface area contributed by atoms with E-state index in [2.05, 4.69) is 4.98 Å². The second kappa shape index (κ2) is 5.59. The number of hydrogen-bond donors (Lipinski definition) is 0. The van der Waals surface area contributed by atoms with Crippen LogP contribution in [0.15, 0.2) is 36.5 Å². The first-order chi connectivity index (χ1) is 10.1. The summed E-state index contributed by atoms with van der Waals surface area (Å²) in [6, 6.07) is 6.39. The summed E-state index contributed by atoms with van der Waals surface area (Å²) in [6.45, 7) is 5.79.